The van der Waals surface area contributed by atoms with Crippen LogP contribution in [-0.2, 0) is 4.74 Å². The Hall–Kier alpha value is -1.29. The maximum atomic E-state index is 12.4. The van der Waals surface area contributed by atoms with Crippen LogP contribution in [0.5, 0.6) is 0 Å². The van der Waals surface area contributed by atoms with Gasteiger partial charge in [-0.05, 0) is 45.2 Å². The minimum Gasteiger partial charge on any atom is -0.379 e. The van der Waals surface area contributed by atoms with E-state index in [0.717, 1.165) is 19.3 Å². The summed E-state index contributed by atoms with van der Waals surface area (Å²) in [5, 5.41) is 3.20. The van der Waals surface area contributed by atoms with Gasteiger partial charge in [-0.3, -0.25) is 4.79 Å². The van der Waals surface area contributed by atoms with Crippen LogP contribution < -0.4 is 10.9 Å². The first kappa shape index (κ1) is 13.1. The Kier molecular flexibility index (Phi) is 4.07. The molecule has 0 bridgehead atoms. The van der Waals surface area contributed by atoms with Gasteiger partial charge in [0.15, 0.2) is 0 Å². The van der Waals surface area contributed by atoms with E-state index in [1.807, 2.05) is 36.7 Å². The lowest BCUT2D eigenvalue weighted by atomic mass is 10.2. The third kappa shape index (κ3) is 2.58. The first-order chi connectivity index (χ1) is 8.63. The molecule has 0 aliphatic heterocycles. The molecule has 1 aliphatic carbocycles. The minimum absolute atomic E-state index is 0.0557. The summed E-state index contributed by atoms with van der Waals surface area (Å²) in [6, 6.07) is 4.21. The van der Waals surface area contributed by atoms with Crippen LogP contribution in [0.3, 0.4) is 0 Å². The summed E-state index contributed by atoms with van der Waals surface area (Å²) in [6.07, 6.45) is 5.21. The molecule has 1 heterocycles. The predicted molar refractivity (Wildman–Crippen MR) is 73.1 cm³/mol. The van der Waals surface area contributed by atoms with E-state index < -0.39 is 0 Å². The Balaban J connectivity index is 2.31. The van der Waals surface area contributed by atoms with Gasteiger partial charge >= 0.3 is 0 Å². The van der Waals surface area contributed by atoms with Crippen LogP contribution in [0, 0.1) is 0 Å². The smallest absolute Gasteiger partial charge is 0.274 e. The summed E-state index contributed by atoms with van der Waals surface area (Å²) in [4.78, 5) is 12.4. The third-order valence-electron chi connectivity index (χ3n) is 3.50. The van der Waals surface area contributed by atoms with E-state index in [0.29, 0.717) is 5.69 Å². The van der Waals surface area contributed by atoms with Gasteiger partial charge in [0, 0.05) is 19.3 Å². The van der Waals surface area contributed by atoms with Crippen molar-refractivity contribution in [2.45, 2.75) is 51.3 Å². The van der Waals surface area contributed by atoms with Crippen molar-refractivity contribution in [1.82, 2.24) is 4.57 Å². The van der Waals surface area contributed by atoms with Gasteiger partial charge in [0.2, 0.25) is 0 Å². The fourth-order valence-corrected chi connectivity index (χ4v) is 2.69. The Bertz CT molecular complexity index is 453. The van der Waals surface area contributed by atoms with Crippen LogP contribution in [0.25, 0.3) is 0 Å². The molecule has 0 saturated heterocycles. The number of ether oxygens (including phenoxy) is 1. The molecule has 18 heavy (non-hydrogen) atoms. The number of hydrogen-bond acceptors (Lipinski definition) is 3. The van der Waals surface area contributed by atoms with Crippen LogP contribution in [0.2, 0.25) is 0 Å². The Labute approximate surface area is 108 Å². The minimum atomic E-state index is 0.0557. The van der Waals surface area contributed by atoms with Crippen LogP contribution in [0.1, 0.15) is 39.2 Å². The number of pyridine rings is 1. The highest BCUT2D eigenvalue weighted by molar-refractivity contribution is 5.41. The van der Waals surface area contributed by atoms with Crippen LogP contribution in [0.4, 0.5) is 5.69 Å². The maximum absolute atomic E-state index is 12.4. The SMILES string of the molecule is CO[C@H]1CCC[C@H]1n1cccc(NC(C)C)c1=O. The van der Waals surface area contributed by atoms with Crippen LogP contribution in [-0.4, -0.2) is 23.8 Å². The van der Waals surface area contributed by atoms with Gasteiger partial charge in [0.1, 0.15) is 5.69 Å². The zero-order valence-electron chi connectivity index (χ0n) is 11.3. The molecule has 0 aromatic carbocycles. The van der Waals surface area contributed by atoms with Gasteiger partial charge in [-0.1, -0.05) is 0 Å². The van der Waals surface area contributed by atoms with Gasteiger partial charge < -0.3 is 14.6 Å². The number of aromatic nitrogens is 1. The van der Waals surface area contributed by atoms with Crippen molar-refractivity contribution < 1.29 is 4.74 Å². The van der Waals surface area contributed by atoms with Crippen molar-refractivity contribution in [2.24, 2.45) is 0 Å². The second kappa shape index (κ2) is 5.57. The molecule has 4 nitrogen and oxygen atoms in total. The Morgan fingerprint density at radius 2 is 2.22 bits per heavy atom. The molecule has 1 fully saturated rings. The molecule has 1 saturated carbocycles. The van der Waals surface area contributed by atoms with Crippen molar-refractivity contribution in [2.75, 3.05) is 12.4 Å². The highest BCUT2D eigenvalue weighted by atomic mass is 16.5. The molecule has 0 radical (unpaired) electrons. The van der Waals surface area contributed by atoms with Crippen LogP contribution >= 0.6 is 0 Å². The average molecular weight is 250 g/mol. The van der Waals surface area contributed by atoms with E-state index in [1.165, 1.54) is 0 Å². The molecule has 100 valence electrons. The molecule has 1 aromatic rings. The van der Waals surface area contributed by atoms with Crippen LogP contribution in [0.15, 0.2) is 23.1 Å². The maximum Gasteiger partial charge on any atom is 0.274 e. The monoisotopic (exact) mass is 250 g/mol. The van der Waals surface area contributed by atoms with Gasteiger partial charge in [0.25, 0.3) is 5.56 Å². The molecule has 2 atom stereocenters. The van der Waals surface area contributed by atoms with Crippen molar-refractivity contribution >= 4 is 5.69 Å². The van der Waals surface area contributed by atoms with Gasteiger partial charge in [-0.15, -0.1) is 0 Å². The number of methoxy groups -OCH3 is 1. The molecular formula is C14H22N2O2. The fourth-order valence-electron chi connectivity index (χ4n) is 2.69. The van der Waals surface area contributed by atoms with Gasteiger partial charge in [0.05, 0.1) is 12.1 Å². The first-order valence-electron chi connectivity index (χ1n) is 6.64. The first-order valence-corrected chi connectivity index (χ1v) is 6.64. The second-order valence-electron chi connectivity index (χ2n) is 5.21. The van der Waals surface area contributed by atoms with E-state index in [-0.39, 0.29) is 23.7 Å². The number of rotatable bonds is 4. The zero-order valence-corrected chi connectivity index (χ0v) is 11.3. The van der Waals surface area contributed by atoms with Crippen molar-refractivity contribution in [1.29, 1.82) is 0 Å². The standard InChI is InChI=1S/C14H22N2O2/c1-10(2)15-11-6-5-9-16(14(11)17)12-7-4-8-13(12)18-3/h5-6,9-10,12-13,15H,4,7-8H2,1-3H3/t12-,13+/m1/s1. The molecule has 0 amide bonds. The van der Waals surface area contributed by atoms with E-state index in [1.54, 1.807) is 7.11 Å². The van der Waals surface area contributed by atoms with Gasteiger partial charge in [-0.25, -0.2) is 0 Å². The lowest BCUT2D eigenvalue weighted by Gasteiger charge is -2.22. The summed E-state index contributed by atoms with van der Waals surface area (Å²) in [6.45, 7) is 4.06. The zero-order chi connectivity index (χ0) is 13.1. The average Bonchev–Trinajstić information content (AvgIpc) is 2.79. The van der Waals surface area contributed by atoms with E-state index in [4.69, 9.17) is 4.74 Å². The fraction of sp³-hybridized carbons (Fsp3) is 0.643. The molecule has 2 rings (SSSR count). The molecule has 1 aromatic heterocycles. The second-order valence-corrected chi connectivity index (χ2v) is 5.21. The van der Waals surface area contributed by atoms with Crippen molar-refractivity contribution in [3.8, 4) is 0 Å². The topological polar surface area (TPSA) is 43.3 Å². The Morgan fingerprint density at radius 3 is 2.89 bits per heavy atom. The van der Waals surface area contributed by atoms with E-state index >= 15 is 0 Å². The normalized spacial score (nSPS) is 23.6. The van der Waals surface area contributed by atoms with E-state index in [2.05, 4.69) is 5.32 Å². The number of hydrogen-bond donors (Lipinski definition) is 1. The largest absolute Gasteiger partial charge is 0.379 e. The molecule has 1 N–H and O–H groups in total. The van der Waals surface area contributed by atoms with Crippen molar-refractivity contribution in [3.05, 3.63) is 28.7 Å². The summed E-state index contributed by atoms with van der Waals surface area (Å²) in [5.41, 5.74) is 0.731. The Morgan fingerprint density at radius 1 is 1.44 bits per heavy atom. The summed E-state index contributed by atoms with van der Waals surface area (Å²) in [7, 11) is 1.73. The quantitative estimate of drug-likeness (QED) is 0.892. The summed E-state index contributed by atoms with van der Waals surface area (Å²) in [5.74, 6) is 0. The molecule has 0 spiro atoms. The summed E-state index contributed by atoms with van der Waals surface area (Å²) < 4.78 is 7.30. The lowest BCUT2D eigenvalue weighted by molar-refractivity contribution is 0.0739. The molecule has 4 heteroatoms. The molecule has 0 unspecified atom stereocenters. The summed E-state index contributed by atoms with van der Waals surface area (Å²) >= 11 is 0. The van der Waals surface area contributed by atoms with Gasteiger partial charge in [-0.2, -0.15) is 0 Å². The highest BCUT2D eigenvalue weighted by Gasteiger charge is 2.29. The molecule has 1 aliphatic rings. The number of anilines is 1. The lowest BCUT2D eigenvalue weighted by Crippen LogP contribution is -2.32. The third-order valence-corrected chi connectivity index (χ3v) is 3.50. The number of nitrogens with zero attached hydrogens (tertiary/aromatic N) is 1. The van der Waals surface area contributed by atoms with Crippen molar-refractivity contribution in [3.63, 3.8) is 0 Å². The number of nitrogens with one attached hydrogen (secondary N) is 1. The molecular weight excluding hydrogens is 228 g/mol. The highest BCUT2D eigenvalue weighted by Crippen LogP contribution is 2.31. The predicted octanol–water partition coefficient (Wildman–Crippen LogP) is 2.41. The van der Waals surface area contributed by atoms with E-state index in [9.17, 15) is 4.79 Å².